The molecule has 3 aromatic carbocycles. The molecule has 0 radical (unpaired) electrons. The highest BCUT2D eigenvalue weighted by atomic mass is 35.5. The van der Waals surface area contributed by atoms with Gasteiger partial charge in [0.25, 0.3) is 11.8 Å². The van der Waals surface area contributed by atoms with Gasteiger partial charge in [0.2, 0.25) is 11.8 Å². The number of amides is 3. The number of benzene rings is 3. The number of anilines is 1. The van der Waals surface area contributed by atoms with E-state index in [4.69, 9.17) is 16.0 Å². The van der Waals surface area contributed by atoms with Gasteiger partial charge >= 0.3 is 0 Å². The van der Waals surface area contributed by atoms with Crippen molar-refractivity contribution >= 4 is 46.1 Å². The number of hydrogen-bond donors (Lipinski definition) is 1. The maximum atomic E-state index is 12.8. The van der Waals surface area contributed by atoms with Gasteiger partial charge in [-0.15, -0.1) is 0 Å². The molecule has 7 nitrogen and oxygen atoms in total. The third-order valence-electron chi connectivity index (χ3n) is 5.32. The largest absolute Gasteiger partial charge is 0.436 e. The molecule has 0 aliphatic carbocycles. The third kappa shape index (κ3) is 3.33. The van der Waals surface area contributed by atoms with Crippen LogP contribution in [-0.4, -0.2) is 33.6 Å². The smallest absolute Gasteiger partial charge is 0.262 e. The summed E-state index contributed by atoms with van der Waals surface area (Å²) in [5.41, 5.74) is 2.89. The molecule has 0 saturated carbocycles. The van der Waals surface area contributed by atoms with Crippen molar-refractivity contribution in [2.75, 3.05) is 5.32 Å². The van der Waals surface area contributed by atoms with Gasteiger partial charge in [0, 0.05) is 22.3 Å². The van der Waals surface area contributed by atoms with Crippen LogP contribution < -0.4 is 5.32 Å². The number of carbonyl (C=O) groups excluding carboxylic acids is 3. The standard InChI is InChI=1S/C24H16ClN3O4/c1-13(28-23(30)17-7-2-3-8-18(17)24(28)31)21(29)26-16-9-10-19-20(12-16)32-22(27-19)14-5-4-6-15(25)11-14/h2-13H,1H3,(H,26,29). The Balaban J connectivity index is 1.37. The third-order valence-corrected chi connectivity index (χ3v) is 5.55. The molecule has 5 rings (SSSR count). The summed E-state index contributed by atoms with van der Waals surface area (Å²) in [6, 6.07) is 17.7. The zero-order valence-electron chi connectivity index (χ0n) is 16.8. The summed E-state index contributed by atoms with van der Waals surface area (Å²) in [5, 5.41) is 3.31. The van der Waals surface area contributed by atoms with Crippen molar-refractivity contribution in [3.05, 3.63) is 82.9 Å². The van der Waals surface area contributed by atoms with E-state index in [1.54, 1.807) is 60.7 Å². The molecule has 2 heterocycles. The number of hydrogen-bond acceptors (Lipinski definition) is 5. The second-order valence-electron chi connectivity index (χ2n) is 7.40. The Labute approximate surface area is 187 Å². The first-order chi connectivity index (χ1) is 15.4. The number of carbonyl (C=O) groups is 3. The molecule has 0 bridgehead atoms. The average Bonchev–Trinajstić information content (AvgIpc) is 3.32. The summed E-state index contributed by atoms with van der Waals surface area (Å²) in [5.74, 6) is -1.05. The van der Waals surface area contributed by atoms with Gasteiger partial charge in [-0.2, -0.15) is 0 Å². The van der Waals surface area contributed by atoms with Gasteiger partial charge in [-0.05, 0) is 49.4 Å². The monoisotopic (exact) mass is 445 g/mol. The fourth-order valence-electron chi connectivity index (χ4n) is 3.67. The number of halogens is 1. The molecule has 1 aliphatic heterocycles. The van der Waals surface area contributed by atoms with Gasteiger partial charge in [0.05, 0.1) is 11.1 Å². The van der Waals surface area contributed by atoms with E-state index in [-0.39, 0.29) is 0 Å². The van der Waals surface area contributed by atoms with Gasteiger partial charge in [0.1, 0.15) is 11.6 Å². The fraction of sp³-hybridized carbons (Fsp3) is 0.0833. The lowest BCUT2D eigenvalue weighted by molar-refractivity contribution is -0.119. The van der Waals surface area contributed by atoms with Crippen LogP contribution in [0.1, 0.15) is 27.6 Å². The van der Waals surface area contributed by atoms with E-state index in [9.17, 15) is 14.4 Å². The Morgan fingerprint density at radius 1 is 1.00 bits per heavy atom. The zero-order valence-corrected chi connectivity index (χ0v) is 17.6. The molecule has 1 aliphatic rings. The van der Waals surface area contributed by atoms with Crippen molar-refractivity contribution in [3.8, 4) is 11.5 Å². The van der Waals surface area contributed by atoms with Crippen LogP contribution in [-0.2, 0) is 4.79 Å². The van der Waals surface area contributed by atoms with E-state index >= 15 is 0 Å². The molecule has 1 unspecified atom stereocenters. The predicted molar refractivity (Wildman–Crippen MR) is 119 cm³/mol. The molecule has 1 N–H and O–H groups in total. The number of aromatic nitrogens is 1. The van der Waals surface area contributed by atoms with Crippen molar-refractivity contribution < 1.29 is 18.8 Å². The molecule has 0 fully saturated rings. The predicted octanol–water partition coefficient (Wildman–Crippen LogP) is 4.77. The van der Waals surface area contributed by atoms with Crippen LogP contribution in [0.2, 0.25) is 5.02 Å². The first-order valence-electron chi connectivity index (χ1n) is 9.87. The number of nitrogens with zero attached hydrogens (tertiary/aromatic N) is 2. The Kier molecular flexibility index (Phi) is 4.75. The summed E-state index contributed by atoms with van der Waals surface area (Å²) in [4.78, 5) is 43.5. The van der Waals surface area contributed by atoms with Crippen LogP contribution in [0.4, 0.5) is 5.69 Å². The van der Waals surface area contributed by atoms with E-state index in [2.05, 4.69) is 10.3 Å². The molecule has 4 aromatic rings. The van der Waals surface area contributed by atoms with E-state index in [1.807, 2.05) is 6.07 Å². The number of fused-ring (bicyclic) bond motifs is 2. The van der Waals surface area contributed by atoms with Crippen molar-refractivity contribution in [2.45, 2.75) is 13.0 Å². The maximum absolute atomic E-state index is 12.8. The molecule has 3 amide bonds. The van der Waals surface area contributed by atoms with Crippen LogP contribution in [0.15, 0.2) is 71.1 Å². The van der Waals surface area contributed by atoms with E-state index in [0.717, 1.165) is 10.5 Å². The van der Waals surface area contributed by atoms with Crippen molar-refractivity contribution in [1.82, 2.24) is 9.88 Å². The first kappa shape index (κ1) is 20.0. The number of imide groups is 1. The molecular formula is C24H16ClN3O4. The molecule has 1 aromatic heterocycles. The Morgan fingerprint density at radius 2 is 1.72 bits per heavy atom. The van der Waals surface area contributed by atoms with Crippen molar-refractivity contribution in [2.24, 2.45) is 0 Å². The first-order valence-corrected chi connectivity index (χ1v) is 10.2. The summed E-state index contributed by atoms with van der Waals surface area (Å²) in [7, 11) is 0. The number of rotatable bonds is 4. The van der Waals surface area contributed by atoms with Crippen LogP contribution in [0.25, 0.3) is 22.6 Å². The highest BCUT2D eigenvalue weighted by Crippen LogP contribution is 2.29. The zero-order chi connectivity index (χ0) is 22.4. The lowest BCUT2D eigenvalue weighted by atomic mass is 10.1. The summed E-state index contributed by atoms with van der Waals surface area (Å²) in [6.45, 7) is 1.52. The van der Waals surface area contributed by atoms with Crippen LogP contribution in [0, 0.1) is 0 Å². The van der Waals surface area contributed by atoms with Crippen LogP contribution in [0.3, 0.4) is 0 Å². The van der Waals surface area contributed by atoms with Crippen LogP contribution >= 0.6 is 11.6 Å². The second-order valence-corrected chi connectivity index (χ2v) is 7.84. The Morgan fingerprint density at radius 3 is 2.41 bits per heavy atom. The lowest BCUT2D eigenvalue weighted by Gasteiger charge is -2.21. The van der Waals surface area contributed by atoms with Gasteiger partial charge in [0.15, 0.2) is 5.58 Å². The van der Waals surface area contributed by atoms with E-state index < -0.39 is 23.8 Å². The average molecular weight is 446 g/mol. The van der Waals surface area contributed by atoms with Crippen LogP contribution in [0.5, 0.6) is 0 Å². The van der Waals surface area contributed by atoms with Gasteiger partial charge in [-0.25, -0.2) is 4.98 Å². The quantitative estimate of drug-likeness (QED) is 0.457. The van der Waals surface area contributed by atoms with Crippen molar-refractivity contribution in [1.29, 1.82) is 0 Å². The van der Waals surface area contributed by atoms with Gasteiger partial charge < -0.3 is 9.73 Å². The molecule has 1 atom stereocenters. The molecule has 32 heavy (non-hydrogen) atoms. The molecule has 158 valence electrons. The van der Waals surface area contributed by atoms with Crippen molar-refractivity contribution in [3.63, 3.8) is 0 Å². The summed E-state index contributed by atoms with van der Waals surface area (Å²) in [6.07, 6.45) is 0. The molecule has 0 saturated heterocycles. The molecular weight excluding hydrogens is 430 g/mol. The summed E-state index contributed by atoms with van der Waals surface area (Å²) >= 11 is 6.04. The van der Waals surface area contributed by atoms with E-state index in [0.29, 0.717) is 38.8 Å². The maximum Gasteiger partial charge on any atom is 0.262 e. The number of nitrogens with one attached hydrogen (secondary N) is 1. The molecule has 0 spiro atoms. The topological polar surface area (TPSA) is 92.5 Å². The Bertz CT molecular complexity index is 1380. The number of oxazole rings is 1. The SMILES string of the molecule is CC(C(=O)Nc1ccc2nc(-c3cccc(Cl)c3)oc2c1)N1C(=O)c2ccccc2C1=O. The van der Waals surface area contributed by atoms with Gasteiger partial charge in [-0.3, -0.25) is 19.3 Å². The van der Waals surface area contributed by atoms with E-state index in [1.165, 1.54) is 6.92 Å². The normalized spacial score (nSPS) is 14.0. The fourth-order valence-corrected chi connectivity index (χ4v) is 3.86. The highest BCUT2D eigenvalue weighted by Gasteiger charge is 2.40. The second kappa shape index (κ2) is 7.62. The van der Waals surface area contributed by atoms with Gasteiger partial charge in [-0.1, -0.05) is 29.8 Å². The minimum absolute atomic E-state index is 0.300. The minimum Gasteiger partial charge on any atom is -0.436 e. The Hall–Kier alpha value is -3.97. The summed E-state index contributed by atoms with van der Waals surface area (Å²) < 4.78 is 5.83. The minimum atomic E-state index is -0.991. The molecule has 8 heteroatoms. The lowest BCUT2D eigenvalue weighted by Crippen LogP contribution is -2.45. The highest BCUT2D eigenvalue weighted by molar-refractivity contribution is 6.30.